The van der Waals surface area contributed by atoms with Gasteiger partial charge in [-0.25, -0.2) is 24.0 Å². The number of esters is 4. The number of aromatic amines is 2. The number of hydrogen-bond acceptors (Lipinski definition) is 12. The van der Waals surface area contributed by atoms with Gasteiger partial charge in [0.25, 0.3) is 5.56 Å². The number of amides is 1. The number of hydrogen-bond donors (Lipinski definition) is 2. The van der Waals surface area contributed by atoms with Crippen molar-refractivity contribution in [1.82, 2.24) is 9.97 Å². The SMILES string of the molecule is CC(=O)N1c2cc(C)c(C)cc2N(CC(OC(=O)c2ccccc2)C(OC(=O)c2ccccc2)C(COC(=O)c2ccccc2)OC(=O)c2ccccc2)c2[nH]c(=O)[nH]c(=O)c21. The average molecular weight is 837 g/mol. The molecule has 62 heavy (non-hydrogen) atoms. The van der Waals surface area contributed by atoms with E-state index in [9.17, 15) is 33.6 Å². The first-order chi connectivity index (χ1) is 29.9. The number of carbonyl (C=O) groups is 5. The second kappa shape index (κ2) is 18.5. The number of fused-ring (bicyclic) bond motifs is 2. The molecule has 3 atom stereocenters. The summed E-state index contributed by atoms with van der Waals surface area (Å²) in [6.45, 7) is 3.68. The molecule has 2 heterocycles. The van der Waals surface area contributed by atoms with Gasteiger partial charge in [-0.15, -0.1) is 0 Å². The molecule has 15 heteroatoms. The summed E-state index contributed by atoms with van der Waals surface area (Å²) in [5, 5.41) is 0. The molecule has 6 aromatic rings. The maximum absolute atomic E-state index is 14.2. The molecule has 1 aliphatic rings. The van der Waals surface area contributed by atoms with Crippen molar-refractivity contribution >= 4 is 52.7 Å². The second-order valence-corrected chi connectivity index (χ2v) is 14.3. The van der Waals surface area contributed by atoms with E-state index in [4.69, 9.17) is 18.9 Å². The minimum atomic E-state index is -1.77. The van der Waals surface area contributed by atoms with Crippen molar-refractivity contribution in [2.75, 3.05) is 23.0 Å². The molecule has 0 spiro atoms. The van der Waals surface area contributed by atoms with E-state index in [0.29, 0.717) is 5.69 Å². The number of anilines is 4. The summed E-state index contributed by atoms with van der Waals surface area (Å²) in [5.41, 5.74) is 0.426. The molecule has 0 bridgehead atoms. The fourth-order valence-corrected chi connectivity index (χ4v) is 6.93. The third kappa shape index (κ3) is 9.21. The smallest absolute Gasteiger partial charge is 0.338 e. The van der Waals surface area contributed by atoms with Gasteiger partial charge in [-0.05, 0) is 85.6 Å². The molecule has 7 rings (SSSR count). The zero-order valence-corrected chi connectivity index (χ0v) is 33.7. The maximum atomic E-state index is 14.2. The van der Waals surface area contributed by atoms with Crippen LogP contribution in [0, 0.1) is 13.8 Å². The van der Waals surface area contributed by atoms with E-state index in [1.807, 2.05) is 13.8 Å². The van der Waals surface area contributed by atoms with Gasteiger partial charge in [0, 0.05) is 6.92 Å². The molecule has 3 unspecified atom stereocenters. The molecule has 5 aromatic carbocycles. The molecule has 1 amide bonds. The van der Waals surface area contributed by atoms with Crippen LogP contribution in [-0.2, 0) is 23.7 Å². The zero-order valence-electron chi connectivity index (χ0n) is 33.7. The number of benzene rings is 5. The number of ether oxygens (including phenoxy) is 4. The van der Waals surface area contributed by atoms with Gasteiger partial charge in [0.05, 0.1) is 40.2 Å². The van der Waals surface area contributed by atoms with E-state index in [2.05, 4.69) is 9.97 Å². The first-order valence-electron chi connectivity index (χ1n) is 19.5. The van der Waals surface area contributed by atoms with E-state index < -0.39 is 72.5 Å². The molecule has 0 saturated heterocycles. The van der Waals surface area contributed by atoms with E-state index in [1.165, 1.54) is 60.4 Å². The summed E-state index contributed by atoms with van der Waals surface area (Å²) in [6, 6.07) is 35.1. The Hall–Kier alpha value is -8.07. The van der Waals surface area contributed by atoms with E-state index in [1.54, 1.807) is 84.9 Å². The summed E-state index contributed by atoms with van der Waals surface area (Å²) in [7, 11) is 0. The van der Waals surface area contributed by atoms with Crippen LogP contribution >= 0.6 is 0 Å². The van der Waals surface area contributed by atoms with Gasteiger partial charge >= 0.3 is 29.6 Å². The minimum Gasteiger partial charge on any atom is -0.458 e. The van der Waals surface area contributed by atoms with Crippen LogP contribution < -0.4 is 21.0 Å². The second-order valence-electron chi connectivity index (χ2n) is 14.3. The molecular formula is C47H40N4O11. The third-order valence-electron chi connectivity index (χ3n) is 10.1. The van der Waals surface area contributed by atoms with Crippen LogP contribution in [-0.4, -0.2) is 71.2 Å². The van der Waals surface area contributed by atoms with Crippen molar-refractivity contribution < 1.29 is 42.9 Å². The van der Waals surface area contributed by atoms with Gasteiger partial charge in [0.15, 0.2) is 24.0 Å². The highest BCUT2D eigenvalue weighted by Crippen LogP contribution is 2.46. The van der Waals surface area contributed by atoms with Crippen LogP contribution in [0.2, 0.25) is 0 Å². The number of nitrogens with one attached hydrogen (secondary N) is 2. The number of aryl methyl sites for hydroxylation is 2. The van der Waals surface area contributed by atoms with Gasteiger partial charge in [-0.2, -0.15) is 0 Å². The number of aromatic nitrogens is 2. The predicted molar refractivity (Wildman–Crippen MR) is 227 cm³/mol. The quantitative estimate of drug-likeness (QED) is 0.0969. The lowest BCUT2D eigenvalue weighted by molar-refractivity contribution is -0.115. The molecule has 0 aliphatic carbocycles. The van der Waals surface area contributed by atoms with Gasteiger partial charge in [-0.3, -0.25) is 24.5 Å². The molecule has 0 saturated carbocycles. The van der Waals surface area contributed by atoms with Crippen molar-refractivity contribution in [3.05, 3.63) is 188 Å². The van der Waals surface area contributed by atoms with Crippen molar-refractivity contribution in [3.63, 3.8) is 0 Å². The lowest BCUT2D eigenvalue weighted by atomic mass is 10.0. The van der Waals surface area contributed by atoms with Crippen molar-refractivity contribution in [2.24, 2.45) is 0 Å². The fourth-order valence-electron chi connectivity index (χ4n) is 6.93. The zero-order chi connectivity index (χ0) is 43.9. The molecule has 15 nitrogen and oxygen atoms in total. The lowest BCUT2D eigenvalue weighted by Crippen LogP contribution is -2.52. The fraction of sp³-hybridized carbons (Fsp3) is 0.170. The van der Waals surface area contributed by atoms with Crippen LogP contribution in [0.4, 0.5) is 22.9 Å². The van der Waals surface area contributed by atoms with Gasteiger partial charge in [0.2, 0.25) is 5.91 Å². The van der Waals surface area contributed by atoms with E-state index in [-0.39, 0.29) is 39.4 Å². The van der Waals surface area contributed by atoms with Crippen molar-refractivity contribution in [1.29, 1.82) is 0 Å². The summed E-state index contributed by atoms with van der Waals surface area (Å²) >= 11 is 0. The third-order valence-corrected chi connectivity index (χ3v) is 10.1. The number of nitrogens with zero attached hydrogens (tertiary/aromatic N) is 2. The van der Waals surface area contributed by atoms with Crippen molar-refractivity contribution in [3.8, 4) is 0 Å². The molecule has 1 aromatic heterocycles. The standard InChI is InChI=1S/C47H40N4O11/c1-28-24-35-36(25-29(28)2)51(30(3)52)39-41(48-47(58)49-42(39)53)50(35)26-37(60-44(55)32-18-10-5-11-19-32)40(62-46(57)34-22-14-7-15-23-34)38(61-45(56)33-20-12-6-13-21-33)27-59-43(54)31-16-8-4-9-17-31/h4-25,37-38,40H,26-27H2,1-3H3,(H2,48,49,53,58). The first-order valence-corrected chi connectivity index (χ1v) is 19.5. The maximum Gasteiger partial charge on any atom is 0.338 e. The Morgan fingerprint density at radius 1 is 0.565 bits per heavy atom. The molecule has 314 valence electrons. The highest BCUT2D eigenvalue weighted by atomic mass is 16.6. The van der Waals surface area contributed by atoms with E-state index in [0.717, 1.165) is 16.0 Å². The molecule has 1 aliphatic heterocycles. The largest absolute Gasteiger partial charge is 0.458 e. The Balaban J connectivity index is 1.42. The van der Waals surface area contributed by atoms with Crippen LogP contribution in [0.5, 0.6) is 0 Å². The Morgan fingerprint density at radius 3 is 1.48 bits per heavy atom. The number of rotatable bonds is 13. The summed E-state index contributed by atoms with van der Waals surface area (Å²) in [5.74, 6) is -4.23. The number of H-pyrrole nitrogens is 2. The Bertz CT molecular complexity index is 2740. The number of carbonyl (C=O) groups excluding carboxylic acids is 5. The molecule has 0 radical (unpaired) electrons. The molecular weight excluding hydrogens is 797 g/mol. The van der Waals surface area contributed by atoms with Gasteiger partial charge < -0.3 is 23.8 Å². The summed E-state index contributed by atoms with van der Waals surface area (Å²) < 4.78 is 24.3. The minimum absolute atomic E-state index is 0.0766. The summed E-state index contributed by atoms with van der Waals surface area (Å²) in [4.78, 5) is 103. The highest BCUT2D eigenvalue weighted by molar-refractivity contribution is 6.08. The summed E-state index contributed by atoms with van der Waals surface area (Å²) in [6.07, 6.45) is -5.11. The topological polar surface area (TPSA) is 194 Å². The van der Waals surface area contributed by atoms with Gasteiger partial charge in [0.1, 0.15) is 12.4 Å². The predicted octanol–water partition coefficient (Wildman–Crippen LogP) is 6.35. The molecule has 2 N–H and O–H groups in total. The normalized spacial score (nSPS) is 13.1. The first kappa shape index (κ1) is 42.1. The lowest BCUT2D eigenvalue weighted by Gasteiger charge is -2.41. The molecule has 0 fully saturated rings. The van der Waals surface area contributed by atoms with E-state index >= 15 is 0 Å². The van der Waals surface area contributed by atoms with Crippen LogP contribution in [0.1, 0.15) is 59.5 Å². The average Bonchev–Trinajstić information content (AvgIpc) is 3.28. The van der Waals surface area contributed by atoms with Gasteiger partial charge in [-0.1, -0.05) is 72.8 Å². The van der Waals surface area contributed by atoms with Crippen LogP contribution in [0.25, 0.3) is 0 Å². The highest BCUT2D eigenvalue weighted by Gasteiger charge is 2.44. The van der Waals surface area contributed by atoms with Crippen molar-refractivity contribution in [2.45, 2.75) is 39.1 Å². The van der Waals surface area contributed by atoms with Crippen LogP contribution in [0.3, 0.4) is 0 Å². The van der Waals surface area contributed by atoms with Crippen LogP contribution in [0.15, 0.2) is 143 Å². The Morgan fingerprint density at radius 2 is 1.00 bits per heavy atom. The monoisotopic (exact) mass is 836 g/mol. The Kier molecular flexibility index (Phi) is 12.5. The Labute approximate surface area is 354 Å².